The number of rotatable bonds is 4. The maximum atomic E-state index is 10.8. The van der Waals surface area contributed by atoms with Crippen molar-refractivity contribution in [3.63, 3.8) is 0 Å². The first-order valence-corrected chi connectivity index (χ1v) is 4.61. The molecule has 0 aromatic carbocycles. The third kappa shape index (κ3) is 3.54. The summed E-state index contributed by atoms with van der Waals surface area (Å²) in [5.74, 6) is -0.661. The Morgan fingerprint density at radius 2 is 1.36 bits per heavy atom. The number of halogens is 1. The minimum Gasteiger partial charge on any atom is -0.370 e. The van der Waals surface area contributed by atoms with Gasteiger partial charge in [-0.3, -0.25) is 9.59 Å². The van der Waals surface area contributed by atoms with Gasteiger partial charge in [-0.2, -0.15) is 0 Å². The Labute approximate surface area is 89.8 Å². The normalized spacial score (nSPS) is 18.6. The van der Waals surface area contributed by atoms with Gasteiger partial charge in [0, 0.05) is 12.8 Å². The highest BCUT2D eigenvalue weighted by Gasteiger charge is 2.36. The highest BCUT2D eigenvalue weighted by atomic mass is 35.5. The molecule has 1 aliphatic rings. The molecule has 82 valence electrons. The zero-order valence-electron chi connectivity index (χ0n) is 8.12. The van der Waals surface area contributed by atoms with Gasteiger partial charge in [-0.15, -0.1) is 12.4 Å². The molecule has 0 aromatic rings. The second-order valence-corrected chi connectivity index (χ2v) is 3.99. The van der Waals surface area contributed by atoms with E-state index in [9.17, 15) is 9.59 Å². The maximum Gasteiger partial charge on any atom is 0.217 e. The van der Waals surface area contributed by atoms with Crippen molar-refractivity contribution in [3.8, 4) is 0 Å². The predicted molar refractivity (Wildman–Crippen MR) is 55.8 cm³/mol. The van der Waals surface area contributed by atoms with Crippen molar-refractivity contribution < 1.29 is 9.59 Å². The van der Waals surface area contributed by atoms with Crippen LogP contribution in [0.2, 0.25) is 0 Å². The molecule has 0 aliphatic heterocycles. The van der Waals surface area contributed by atoms with Crippen LogP contribution >= 0.6 is 12.4 Å². The Balaban J connectivity index is 0.00000169. The first-order chi connectivity index (χ1) is 6.04. The number of primary amides is 2. The molecule has 0 atom stereocenters. The van der Waals surface area contributed by atoms with Gasteiger partial charge in [0.1, 0.15) is 0 Å². The first-order valence-electron chi connectivity index (χ1n) is 4.61. The Morgan fingerprint density at radius 3 is 1.64 bits per heavy atom. The molecule has 1 rings (SSSR count). The largest absolute Gasteiger partial charge is 0.370 e. The lowest BCUT2D eigenvalue weighted by Gasteiger charge is -2.25. The van der Waals surface area contributed by atoms with Crippen molar-refractivity contribution in [1.82, 2.24) is 0 Å². The van der Waals surface area contributed by atoms with Crippen molar-refractivity contribution in [1.29, 1.82) is 0 Å². The van der Waals surface area contributed by atoms with Gasteiger partial charge in [-0.05, 0) is 18.3 Å². The minimum absolute atomic E-state index is 0. The molecule has 4 N–H and O–H groups in total. The number of carbonyl (C=O) groups is 2. The fourth-order valence-electron chi connectivity index (χ4n) is 2.28. The van der Waals surface area contributed by atoms with Gasteiger partial charge in [0.15, 0.2) is 0 Å². The number of hydrogen-bond acceptors (Lipinski definition) is 2. The van der Waals surface area contributed by atoms with Gasteiger partial charge >= 0.3 is 0 Å². The van der Waals surface area contributed by atoms with E-state index in [0.717, 1.165) is 25.7 Å². The first kappa shape index (κ1) is 13.2. The van der Waals surface area contributed by atoms with E-state index >= 15 is 0 Å². The Kier molecular flexibility index (Phi) is 4.91. The van der Waals surface area contributed by atoms with Crippen molar-refractivity contribution in [2.24, 2.45) is 16.9 Å². The lowest BCUT2D eigenvalue weighted by atomic mass is 9.79. The molecule has 0 unspecified atom stereocenters. The molecule has 14 heavy (non-hydrogen) atoms. The molecule has 0 radical (unpaired) electrons. The van der Waals surface area contributed by atoms with Gasteiger partial charge in [-0.1, -0.05) is 12.8 Å². The topological polar surface area (TPSA) is 86.2 Å². The van der Waals surface area contributed by atoms with E-state index in [4.69, 9.17) is 11.5 Å². The molecule has 2 amide bonds. The van der Waals surface area contributed by atoms with Crippen LogP contribution in [0.4, 0.5) is 0 Å². The second-order valence-electron chi connectivity index (χ2n) is 3.99. The zero-order valence-corrected chi connectivity index (χ0v) is 8.94. The quantitative estimate of drug-likeness (QED) is 0.732. The van der Waals surface area contributed by atoms with Crippen LogP contribution in [-0.4, -0.2) is 11.8 Å². The van der Waals surface area contributed by atoms with E-state index < -0.39 is 0 Å². The summed E-state index contributed by atoms with van der Waals surface area (Å²) >= 11 is 0. The zero-order chi connectivity index (χ0) is 9.90. The molecule has 1 fully saturated rings. The SMILES string of the molecule is Cl.NC(=O)CC1(CC(N)=O)CCCC1. The summed E-state index contributed by atoms with van der Waals surface area (Å²) in [5, 5.41) is 0. The van der Waals surface area contributed by atoms with Crippen LogP contribution in [0.1, 0.15) is 38.5 Å². The molecule has 0 spiro atoms. The fraction of sp³-hybridized carbons (Fsp3) is 0.778. The van der Waals surface area contributed by atoms with Crippen molar-refractivity contribution >= 4 is 24.2 Å². The lowest BCUT2D eigenvalue weighted by Crippen LogP contribution is -2.30. The summed E-state index contributed by atoms with van der Waals surface area (Å²) in [6.07, 6.45) is 4.55. The van der Waals surface area contributed by atoms with E-state index in [1.54, 1.807) is 0 Å². The van der Waals surface area contributed by atoms with Gasteiger partial charge in [-0.25, -0.2) is 0 Å². The van der Waals surface area contributed by atoms with E-state index in [-0.39, 0.29) is 29.6 Å². The predicted octanol–water partition coefficient (Wildman–Crippen LogP) is 0.719. The van der Waals surface area contributed by atoms with Gasteiger partial charge in [0.25, 0.3) is 0 Å². The second kappa shape index (κ2) is 5.20. The smallest absolute Gasteiger partial charge is 0.217 e. The van der Waals surface area contributed by atoms with E-state index in [1.165, 1.54) is 0 Å². The number of amides is 2. The van der Waals surface area contributed by atoms with Crippen molar-refractivity contribution in [2.45, 2.75) is 38.5 Å². The summed E-state index contributed by atoms with van der Waals surface area (Å²) < 4.78 is 0. The van der Waals surface area contributed by atoms with Gasteiger partial charge in [0.05, 0.1) is 0 Å². The van der Waals surface area contributed by atoms with Crippen molar-refractivity contribution in [3.05, 3.63) is 0 Å². The van der Waals surface area contributed by atoms with Crippen LogP contribution in [0.3, 0.4) is 0 Å². The van der Waals surface area contributed by atoms with Crippen LogP contribution in [0.25, 0.3) is 0 Å². The maximum absolute atomic E-state index is 10.8. The molecule has 5 heteroatoms. The Morgan fingerprint density at radius 1 is 1.00 bits per heavy atom. The molecule has 0 heterocycles. The van der Waals surface area contributed by atoms with Crippen molar-refractivity contribution in [2.75, 3.05) is 0 Å². The number of hydrogen-bond donors (Lipinski definition) is 2. The summed E-state index contributed by atoms with van der Waals surface area (Å²) in [5.41, 5.74) is 10.1. The minimum atomic E-state index is -0.330. The molecule has 0 bridgehead atoms. The monoisotopic (exact) mass is 220 g/mol. The third-order valence-electron chi connectivity index (χ3n) is 2.76. The van der Waals surface area contributed by atoms with E-state index in [0.29, 0.717) is 12.8 Å². The molecule has 1 saturated carbocycles. The molecule has 0 aromatic heterocycles. The molecular formula is C9H17ClN2O2. The average molecular weight is 221 g/mol. The number of nitrogens with two attached hydrogens (primary N) is 2. The fourth-order valence-corrected chi connectivity index (χ4v) is 2.28. The standard InChI is InChI=1S/C9H16N2O2.ClH/c10-7(12)5-9(6-8(11)13)3-1-2-4-9;/h1-6H2,(H2,10,12)(H2,11,13);1H. The van der Waals surface area contributed by atoms with Crippen LogP contribution in [0.15, 0.2) is 0 Å². The summed E-state index contributed by atoms with van der Waals surface area (Å²) in [6, 6.07) is 0. The summed E-state index contributed by atoms with van der Waals surface area (Å²) in [4.78, 5) is 21.6. The third-order valence-corrected chi connectivity index (χ3v) is 2.76. The van der Waals surface area contributed by atoms with Crippen LogP contribution in [0.5, 0.6) is 0 Å². The van der Waals surface area contributed by atoms with Crippen LogP contribution in [-0.2, 0) is 9.59 Å². The van der Waals surface area contributed by atoms with Crippen LogP contribution < -0.4 is 11.5 Å². The van der Waals surface area contributed by atoms with Crippen LogP contribution in [0, 0.1) is 5.41 Å². The highest BCUT2D eigenvalue weighted by Crippen LogP contribution is 2.43. The highest BCUT2D eigenvalue weighted by molar-refractivity contribution is 5.85. The summed E-state index contributed by atoms with van der Waals surface area (Å²) in [7, 11) is 0. The Hall–Kier alpha value is -0.770. The average Bonchev–Trinajstić information content (AvgIpc) is 2.33. The van der Waals surface area contributed by atoms with E-state index in [1.807, 2.05) is 0 Å². The summed E-state index contributed by atoms with van der Waals surface area (Å²) in [6.45, 7) is 0. The molecule has 0 saturated heterocycles. The Bertz CT molecular complexity index is 207. The van der Waals surface area contributed by atoms with Gasteiger partial charge < -0.3 is 11.5 Å². The molecular weight excluding hydrogens is 204 g/mol. The van der Waals surface area contributed by atoms with E-state index in [2.05, 4.69) is 0 Å². The molecule has 1 aliphatic carbocycles. The molecule has 4 nitrogen and oxygen atoms in total. The lowest BCUT2D eigenvalue weighted by molar-refractivity contribution is -0.123. The van der Waals surface area contributed by atoms with Gasteiger partial charge in [0.2, 0.25) is 11.8 Å². The number of carbonyl (C=O) groups excluding carboxylic acids is 2.